The lowest BCUT2D eigenvalue weighted by Gasteiger charge is -2.16. The maximum Gasteiger partial charge on any atom is 0.271 e. The Labute approximate surface area is 174 Å². The third-order valence-electron chi connectivity index (χ3n) is 4.40. The molecule has 0 radical (unpaired) electrons. The molecule has 1 atom stereocenters. The maximum absolute atomic E-state index is 12.6. The fraction of sp³-hybridized carbons (Fsp3) is 0.238. The molecule has 2 N–H and O–H groups in total. The molecule has 1 aromatic carbocycles. The minimum absolute atomic E-state index is 0.172. The van der Waals surface area contributed by atoms with Crippen molar-refractivity contribution in [1.82, 2.24) is 19.9 Å². The molecule has 0 bridgehead atoms. The first-order chi connectivity index (χ1) is 14.4. The number of aromatic nitrogens is 3. The lowest BCUT2D eigenvalue weighted by atomic mass is 10.1. The SMILES string of the molecule is COc1ccc(C(C)NC(=O)c2cn(-c3ccc(NC(C)=O)cn3)cn2)cc1OC. The van der Waals surface area contributed by atoms with Gasteiger partial charge in [0.05, 0.1) is 32.1 Å². The molecule has 0 saturated heterocycles. The summed E-state index contributed by atoms with van der Waals surface area (Å²) in [4.78, 5) is 32.1. The minimum atomic E-state index is -0.314. The molecule has 0 aliphatic carbocycles. The fourth-order valence-corrected chi connectivity index (χ4v) is 2.86. The van der Waals surface area contributed by atoms with Gasteiger partial charge >= 0.3 is 0 Å². The molecule has 2 aromatic heterocycles. The highest BCUT2D eigenvalue weighted by Crippen LogP contribution is 2.29. The lowest BCUT2D eigenvalue weighted by Crippen LogP contribution is -2.27. The smallest absolute Gasteiger partial charge is 0.271 e. The summed E-state index contributed by atoms with van der Waals surface area (Å²) in [6.45, 7) is 3.30. The molecule has 2 heterocycles. The zero-order chi connectivity index (χ0) is 21.7. The Kier molecular flexibility index (Phi) is 6.31. The second-order valence-electron chi connectivity index (χ2n) is 6.56. The molecule has 9 heteroatoms. The monoisotopic (exact) mass is 409 g/mol. The number of benzene rings is 1. The largest absolute Gasteiger partial charge is 0.493 e. The van der Waals surface area contributed by atoms with Gasteiger partial charge in [-0.15, -0.1) is 0 Å². The molecule has 156 valence electrons. The Morgan fingerprint density at radius 2 is 1.83 bits per heavy atom. The summed E-state index contributed by atoms with van der Waals surface area (Å²) in [6, 6.07) is 8.66. The molecule has 3 rings (SSSR count). The molecule has 9 nitrogen and oxygen atoms in total. The average molecular weight is 409 g/mol. The number of pyridine rings is 1. The van der Waals surface area contributed by atoms with Crippen LogP contribution in [0.15, 0.2) is 49.1 Å². The maximum atomic E-state index is 12.6. The molecule has 0 saturated carbocycles. The summed E-state index contributed by atoms with van der Waals surface area (Å²) in [5, 5.41) is 5.57. The first-order valence-corrected chi connectivity index (χ1v) is 9.22. The van der Waals surface area contributed by atoms with Crippen LogP contribution >= 0.6 is 0 Å². The lowest BCUT2D eigenvalue weighted by molar-refractivity contribution is -0.114. The number of hydrogen-bond donors (Lipinski definition) is 2. The van der Waals surface area contributed by atoms with E-state index in [0.29, 0.717) is 23.0 Å². The van der Waals surface area contributed by atoms with Gasteiger partial charge in [-0.1, -0.05) is 6.07 Å². The Morgan fingerprint density at radius 3 is 2.47 bits per heavy atom. The number of ether oxygens (including phenoxy) is 2. The van der Waals surface area contributed by atoms with Crippen molar-refractivity contribution >= 4 is 17.5 Å². The molecule has 3 aromatic rings. The van der Waals surface area contributed by atoms with Gasteiger partial charge in [0.1, 0.15) is 17.8 Å². The molecule has 0 spiro atoms. The third-order valence-corrected chi connectivity index (χ3v) is 4.40. The predicted octanol–water partition coefficient (Wildman–Crippen LogP) is 2.73. The summed E-state index contributed by atoms with van der Waals surface area (Å²) in [6.07, 6.45) is 4.64. The molecule has 30 heavy (non-hydrogen) atoms. The van der Waals surface area contributed by atoms with Crippen LogP contribution in [-0.2, 0) is 4.79 Å². The van der Waals surface area contributed by atoms with Crippen molar-refractivity contribution in [2.45, 2.75) is 19.9 Å². The highest BCUT2D eigenvalue weighted by Gasteiger charge is 2.16. The zero-order valence-electron chi connectivity index (χ0n) is 17.2. The number of nitrogens with zero attached hydrogens (tertiary/aromatic N) is 3. The van der Waals surface area contributed by atoms with Gasteiger partial charge in [-0.3, -0.25) is 14.2 Å². The van der Waals surface area contributed by atoms with Gasteiger partial charge in [-0.25, -0.2) is 9.97 Å². The Balaban J connectivity index is 1.69. The first-order valence-electron chi connectivity index (χ1n) is 9.22. The van der Waals surface area contributed by atoms with E-state index < -0.39 is 0 Å². The van der Waals surface area contributed by atoms with Crippen molar-refractivity contribution in [2.75, 3.05) is 19.5 Å². The number of amides is 2. The van der Waals surface area contributed by atoms with E-state index in [-0.39, 0.29) is 23.6 Å². The Morgan fingerprint density at radius 1 is 1.07 bits per heavy atom. The van der Waals surface area contributed by atoms with Gasteiger partial charge in [0.25, 0.3) is 5.91 Å². The van der Waals surface area contributed by atoms with E-state index in [0.717, 1.165) is 5.56 Å². The topological polar surface area (TPSA) is 107 Å². The summed E-state index contributed by atoms with van der Waals surface area (Å²) in [7, 11) is 3.13. The first kappa shape index (κ1) is 20.8. The zero-order valence-corrected chi connectivity index (χ0v) is 17.2. The number of rotatable bonds is 7. The van der Waals surface area contributed by atoms with E-state index in [4.69, 9.17) is 9.47 Å². The number of nitrogens with one attached hydrogen (secondary N) is 2. The van der Waals surface area contributed by atoms with Crippen molar-refractivity contribution in [3.05, 3.63) is 60.3 Å². The van der Waals surface area contributed by atoms with Crippen LogP contribution in [0.3, 0.4) is 0 Å². The molecule has 0 aliphatic heterocycles. The highest BCUT2D eigenvalue weighted by atomic mass is 16.5. The van der Waals surface area contributed by atoms with Crippen molar-refractivity contribution in [1.29, 1.82) is 0 Å². The van der Waals surface area contributed by atoms with E-state index in [2.05, 4.69) is 20.6 Å². The van der Waals surface area contributed by atoms with Crippen LogP contribution in [0.5, 0.6) is 11.5 Å². The third kappa shape index (κ3) is 4.75. The van der Waals surface area contributed by atoms with Crippen LogP contribution in [-0.4, -0.2) is 40.6 Å². The van der Waals surface area contributed by atoms with Crippen LogP contribution in [0.25, 0.3) is 5.82 Å². The highest BCUT2D eigenvalue weighted by molar-refractivity contribution is 5.92. The normalized spacial score (nSPS) is 11.5. The van der Waals surface area contributed by atoms with Gasteiger partial charge in [0.2, 0.25) is 5.91 Å². The summed E-state index contributed by atoms with van der Waals surface area (Å²) in [5.41, 5.74) is 1.72. The quantitative estimate of drug-likeness (QED) is 0.621. The molecule has 0 aliphatic rings. The molecule has 0 fully saturated rings. The Bertz CT molecular complexity index is 1050. The summed E-state index contributed by atoms with van der Waals surface area (Å²) < 4.78 is 12.2. The average Bonchev–Trinajstić information content (AvgIpc) is 3.23. The van der Waals surface area contributed by atoms with Crippen LogP contribution in [0.2, 0.25) is 0 Å². The number of methoxy groups -OCH3 is 2. The van der Waals surface area contributed by atoms with Gasteiger partial charge in [0.15, 0.2) is 11.5 Å². The molecule has 1 unspecified atom stereocenters. The second-order valence-corrected chi connectivity index (χ2v) is 6.56. The second kappa shape index (κ2) is 9.08. The van der Waals surface area contributed by atoms with E-state index >= 15 is 0 Å². The fourth-order valence-electron chi connectivity index (χ4n) is 2.86. The van der Waals surface area contributed by atoms with Crippen molar-refractivity contribution < 1.29 is 19.1 Å². The van der Waals surface area contributed by atoms with E-state index in [9.17, 15) is 9.59 Å². The number of carbonyl (C=O) groups excluding carboxylic acids is 2. The molecule has 2 amide bonds. The summed E-state index contributed by atoms with van der Waals surface area (Å²) >= 11 is 0. The van der Waals surface area contributed by atoms with E-state index in [1.165, 1.54) is 19.4 Å². The van der Waals surface area contributed by atoms with Crippen LogP contribution in [0, 0.1) is 0 Å². The van der Waals surface area contributed by atoms with Gasteiger partial charge in [-0.05, 0) is 36.8 Å². The number of hydrogen-bond acceptors (Lipinski definition) is 6. The van der Waals surface area contributed by atoms with Crippen LogP contribution in [0.1, 0.15) is 35.9 Å². The van der Waals surface area contributed by atoms with Crippen molar-refractivity contribution in [2.24, 2.45) is 0 Å². The molecular weight excluding hydrogens is 386 g/mol. The standard InChI is InChI=1S/C21H23N5O4/c1-13(15-5-7-18(29-3)19(9-15)30-4)24-21(28)17-11-26(12-23-17)20-8-6-16(10-22-20)25-14(2)27/h5-13H,1-4H3,(H,24,28)(H,25,27). The number of imidazole rings is 1. The van der Waals surface area contributed by atoms with Gasteiger partial charge in [0, 0.05) is 13.1 Å². The van der Waals surface area contributed by atoms with Crippen LogP contribution in [0.4, 0.5) is 5.69 Å². The van der Waals surface area contributed by atoms with Crippen molar-refractivity contribution in [3.8, 4) is 17.3 Å². The number of anilines is 1. The summed E-state index contributed by atoms with van der Waals surface area (Å²) in [5.74, 6) is 1.30. The Hall–Kier alpha value is -3.88. The number of carbonyl (C=O) groups is 2. The van der Waals surface area contributed by atoms with Crippen molar-refractivity contribution in [3.63, 3.8) is 0 Å². The van der Waals surface area contributed by atoms with E-state index in [1.807, 2.05) is 19.1 Å². The molecular formula is C21H23N5O4. The minimum Gasteiger partial charge on any atom is -0.493 e. The van der Waals surface area contributed by atoms with Gasteiger partial charge in [-0.2, -0.15) is 0 Å². The predicted molar refractivity (Wildman–Crippen MR) is 111 cm³/mol. The van der Waals surface area contributed by atoms with Crippen LogP contribution < -0.4 is 20.1 Å². The van der Waals surface area contributed by atoms with Gasteiger partial charge < -0.3 is 20.1 Å². The van der Waals surface area contributed by atoms with E-state index in [1.54, 1.807) is 43.2 Å².